The van der Waals surface area contributed by atoms with Gasteiger partial charge in [0, 0.05) is 26.0 Å². The van der Waals surface area contributed by atoms with Crippen molar-refractivity contribution in [3.05, 3.63) is 71.6 Å². The van der Waals surface area contributed by atoms with Crippen molar-refractivity contribution in [3.63, 3.8) is 0 Å². The van der Waals surface area contributed by atoms with Gasteiger partial charge in [0.05, 0.1) is 12.2 Å². The van der Waals surface area contributed by atoms with Gasteiger partial charge in [-0.2, -0.15) is 4.39 Å². The van der Waals surface area contributed by atoms with Crippen molar-refractivity contribution in [2.45, 2.75) is 103 Å². The first-order valence-electron chi connectivity index (χ1n) is 15.5. The van der Waals surface area contributed by atoms with Crippen molar-refractivity contribution >= 4 is 14.0 Å². The van der Waals surface area contributed by atoms with Gasteiger partial charge in [0.15, 0.2) is 17.4 Å². The lowest BCUT2D eigenvalue weighted by Crippen LogP contribution is -2.25. The molecule has 0 saturated carbocycles. The first-order valence-corrected chi connectivity index (χ1v) is 18.9. The topological polar surface area (TPSA) is 61.3 Å². The molecule has 0 fully saturated rings. The number of benzene rings is 2. The molecule has 0 radical (unpaired) electrons. The molecule has 8 heteroatoms. The molecule has 0 unspecified atom stereocenters. The number of hydrogen-bond acceptors (Lipinski definition) is 5. The van der Waals surface area contributed by atoms with Gasteiger partial charge in [-0.05, 0) is 61.2 Å². The predicted octanol–water partition coefficient (Wildman–Crippen LogP) is 9.82. The lowest BCUT2D eigenvalue weighted by molar-refractivity contribution is 0.0728. The van der Waals surface area contributed by atoms with Crippen LogP contribution in [0.5, 0.6) is 11.5 Å². The summed E-state index contributed by atoms with van der Waals surface area (Å²) in [4.78, 5) is 21.6. The highest BCUT2D eigenvalue weighted by Gasteiger charge is 2.22. The van der Waals surface area contributed by atoms with Gasteiger partial charge < -0.3 is 9.47 Å². The van der Waals surface area contributed by atoms with Crippen molar-refractivity contribution in [2.75, 3.05) is 6.61 Å². The van der Waals surface area contributed by atoms with Crippen molar-refractivity contribution < 1.29 is 23.0 Å². The van der Waals surface area contributed by atoms with E-state index in [-0.39, 0.29) is 11.5 Å². The molecule has 0 atom stereocenters. The highest BCUT2D eigenvalue weighted by atomic mass is 28.3. The van der Waals surface area contributed by atoms with Crippen LogP contribution in [-0.4, -0.2) is 30.6 Å². The molecule has 1 heterocycles. The zero-order chi connectivity index (χ0) is 30.4. The predicted molar refractivity (Wildman–Crippen MR) is 168 cm³/mol. The van der Waals surface area contributed by atoms with E-state index in [0.717, 1.165) is 36.4 Å². The molecule has 0 N–H and O–H groups in total. The fourth-order valence-electron chi connectivity index (χ4n) is 4.89. The normalized spacial score (nSPS) is 11.5. The lowest BCUT2D eigenvalue weighted by atomic mass is 10.1. The fourth-order valence-corrected chi connectivity index (χ4v) is 7.55. The van der Waals surface area contributed by atoms with Crippen LogP contribution < -0.4 is 9.47 Å². The number of esters is 1. The van der Waals surface area contributed by atoms with Gasteiger partial charge >= 0.3 is 5.97 Å². The largest absolute Gasteiger partial charge is 0.490 e. The average molecular weight is 597 g/mol. The van der Waals surface area contributed by atoms with Gasteiger partial charge in [0.2, 0.25) is 5.82 Å². The second kappa shape index (κ2) is 17.1. The van der Waals surface area contributed by atoms with Crippen molar-refractivity contribution in [2.24, 2.45) is 0 Å². The molecule has 3 rings (SSSR count). The van der Waals surface area contributed by atoms with Crippen molar-refractivity contribution in [3.8, 4) is 22.9 Å². The number of ether oxygens (including phenoxy) is 2. The molecule has 0 aliphatic heterocycles. The molecular weight excluding hydrogens is 550 g/mol. The highest BCUT2D eigenvalue weighted by molar-refractivity contribution is 6.77. The van der Waals surface area contributed by atoms with E-state index in [9.17, 15) is 13.6 Å². The van der Waals surface area contributed by atoms with Crippen LogP contribution >= 0.6 is 0 Å². The Bertz CT molecular complexity index is 1250. The van der Waals surface area contributed by atoms with E-state index in [1.54, 1.807) is 24.3 Å². The highest BCUT2D eigenvalue weighted by Crippen LogP contribution is 2.26. The summed E-state index contributed by atoms with van der Waals surface area (Å²) in [6, 6.07) is 11.4. The number of carbonyl (C=O) groups is 1. The van der Waals surface area contributed by atoms with Crippen LogP contribution in [0.3, 0.4) is 0 Å². The molecule has 0 saturated heterocycles. The van der Waals surface area contributed by atoms with E-state index >= 15 is 0 Å². The first-order chi connectivity index (χ1) is 20.2. The van der Waals surface area contributed by atoms with Gasteiger partial charge in [-0.1, -0.05) is 84.0 Å². The van der Waals surface area contributed by atoms with E-state index < -0.39 is 31.2 Å². The summed E-state index contributed by atoms with van der Waals surface area (Å²) in [6.07, 6.45) is 15.3. The minimum atomic E-state index is -1.30. The molecule has 42 heavy (non-hydrogen) atoms. The number of nitrogens with zero attached hydrogens (tertiary/aromatic N) is 2. The van der Waals surface area contributed by atoms with Crippen molar-refractivity contribution in [1.82, 2.24) is 9.97 Å². The Hall–Kier alpha value is -3.13. The average Bonchev–Trinajstić information content (AvgIpc) is 2.99. The third-order valence-corrected chi connectivity index (χ3v) is 11.0. The van der Waals surface area contributed by atoms with Crippen LogP contribution in [0.25, 0.3) is 11.4 Å². The molecular formula is C34H46F2N2O3Si. The quantitative estimate of drug-likeness (QED) is 0.0633. The molecule has 3 aromatic rings. The molecule has 0 amide bonds. The van der Waals surface area contributed by atoms with Crippen LogP contribution in [0, 0.1) is 11.6 Å². The molecule has 228 valence electrons. The van der Waals surface area contributed by atoms with Gasteiger partial charge in [-0.3, -0.25) is 0 Å². The Balaban J connectivity index is 1.50. The van der Waals surface area contributed by atoms with Crippen LogP contribution in [0.15, 0.2) is 48.8 Å². The molecule has 0 bridgehead atoms. The summed E-state index contributed by atoms with van der Waals surface area (Å²) >= 11 is 0. The van der Waals surface area contributed by atoms with Crippen LogP contribution in [0.1, 0.15) is 87.6 Å². The molecule has 2 aromatic carbocycles. The summed E-state index contributed by atoms with van der Waals surface area (Å²) in [5.74, 6) is -2.86. The molecule has 0 aliphatic rings. The Kier molecular flexibility index (Phi) is 13.6. The molecule has 1 aromatic heterocycles. The third-order valence-electron chi connectivity index (χ3n) is 7.58. The zero-order valence-electron chi connectivity index (χ0n) is 25.7. The van der Waals surface area contributed by atoms with Crippen LogP contribution in [0.4, 0.5) is 8.78 Å². The second-order valence-corrected chi connectivity index (χ2v) is 17.1. The Morgan fingerprint density at radius 3 is 2.12 bits per heavy atom. The van der Waals surface area contributed by atoms with Crippen LogP contribution in [0.2, 0.25) is 25.2 Å². The summed E-state index contributed by atoms with van der Waals surface area (Å²) < 4.78 is 40.3. The molecule has 0 spiro atoms. The van der Waals surface area contributed by atoms with E-state index in [4.69, 9.17) is 9.47 Å². The van der Waals surface area contributed by atoms with Gasteiger partial charge in [-0.25, -0.2) is 19.2 Å². The Morgan fingerprint density at radius 1 is 0.786 bits per heavy atom. The summed E-state index contributed by atoms with van der Waals surface area (Å²) in [5, 5.41) is 0. The van der Waals surface area contributed by atoms with E-state index in [0.29, 0.717) is 12.4 Å². The minimum absolute atomic E-state index is 0.195. The van der Waals surface area contributed by atoms with E-state index in [2.05, 4.69) is 36.9 Å². The van der Waals surface area contributed by atoms with Gasteiger partial charge in [-0.15, -0.1) is 0 Å². The number of unbranched alkanes of at least 4 members (excludes halogenated alkanes) is 6. The lowest BCUT2D eigenvalue weighted by Gasteiger charge is -2.22. The maximum atomic E-state index is 14.8. The standard InChI is InChI=1S/C34H46F2N2O3Si/c1-5-7-9-10-11-12-14-26-24-37-33(38-25-26)27-15-17-28(18-16-27)41-34(39)29-19-20-30(32(36)31(29)35)40-21-13-23-42(3,4)22-8-6-2/h15-20,24-25H,5-14,21-23H2,1-4H3. The summed E-state index contributed by atoms with van der Waals surface area (Å²) in [6.45, 7) is 9.41. The minimum Gasteiger partial charge on any atom is -0.490 e. The molecule has 0 aliphatic carbocycles. The Morgan fingerprint density at radius 2 is 1.43 bits per heavy atom. The summed E-state index contributed by atoms with van der Waals surface area (Å²) in [5.41, 5.74) is 1.39. The monoisotopic (exact) mass is 596 g/mol. The third kappa shape index (κ3) is 10.6. The second-order valence-electron chi connectivity index (χ2n) is 11.8. The SMILES string of the molecule is CCCCCCCCc1cnc(-c2ccc(OC(=O)c3ccc(OCCC[Si](C)(C)CCCC)c(F)c3F)cc2)nc1. The maximum Gasteiger partial charge on any atom is 0.346 e. The number of aryl methyl sites for hydroxylation is 1. The smallest absolute Gasteiger partial charge is 0.346 e. The number of halogens is 2. The fraction of sp³-hybridized carbons (Fsp3) is 0.500. The number of carbonyl (C=O) groups excluding carboxylic acids is 1. The number of aromatic nitrogens is 2. The number of hydrogen-bond donors (Lipinski definition) is 0. The van der Waals surface area contributed by atoms with Crippen LogP contribution in [-0.2, 0) is 6.42 Å². The van der Waals surface area contributed by atoms with Gasteiger partial charge in [0.25, 0.3) is 0 Å². The van der Waals surface area contributed by atoms with Gasteiger partial charge in [0.1, 0.15) is 5.75 Å². The molecule has 5 nitrogen and oxygen atoms in total. The van der Waals surface area contributed by atoms with E-state index in [1.807, 2.05) is 12.4 Å². The zero-order valence-corrected chi connectivity index (χ0v) is 26.7. The number of rotatable bonds is 18. The van der Waals surface area contributed by atoms with Crippen molar-refractivity contribution in [1.29, 1.82) is 0 Å². The van der Waals surface area contributed by atoms with E-state index in [1.165, 1.54) is 63.1 Å². The summed E-state index contributed by atoms with van der Waals surface area (Å²) in [7, 11) is -1.30. The first kappa shape index (κ1) is 33.4. The maximum absolute atomic E-state index is 14.8. The Labute approximate surface area is 251 Å².